The van der Waals surface area contributed by atoms with Gasteiger partial charge in [-0.2, -0.15) is 0 Å². The first-order valence-corrected chi connectivity index (χ1v) is 8.39. The number of amides is 1. The van der Waals surface area contributed by atoms with E-state index in [-0.39, 0.29) is 11.9 Å². The van der Waals surface area contributed by atoms with Crippen LogP contribution in [0.1, 0.15) is 19.4 Å². The summed E-state index contributed by atoms with van der Waals surface area (Å²) in [6, 6.07) is 10.3. The van der Waals surface area contributed by atoms with Gasteiger partial charge in [-0.15, -0.1) is 11.3 Å². The molecular formula is C15H18N2OS2. The average molecular weight is 306 g/mol. The van der Waals surface area contributed by atoms with E-state index >= 15 is 0 Å². The Hall–Kier alpha value is -1.33. The number of aromatic nitrogens is 1. The monoisotopic (exact) mass is 306 g/mol. The van der Waals surface area contributed by atoms with Crippen molar-refractivity contribution in [1.29, 1.82) is 0 Å². The smallest absolute Gasteiger partial charge is 0.233 e. The minimum Gasteiger partial charge on any atom is -0.335 e. The van der Waals surface area contributed by atoms with Gasteiger partial charge in [-0.1, -0.05) is 42.1 Å². The number of hydrogen-bond acceptors (Lipinski definition) is 4. The molecule has 0 spiro atoms. The summed E-state index contributed by atoms with van der Waals surface area (Å²) in [4.78, 5) is 18.5. The zero-order valence-corrected chi connectivity index (χ0v) is 13.3. The maximum Gasteiger partial charge on any atom is 0.233 e. The number of thiazole rings is 1. The normalized spacial score (nSPS) is 10.8. The molecule has 2 aromatic rings. The standard InChI is InChI=1S/C15H18N2OS2/c1-12(2)17(10-13-6-4-3-5-7-13)14(18)11-20-15-16-8-9-19-15/h3-9,12H,10-11H2,1-2H3. The third-order valence-electron chi connectivity index (χ3n) is 2.87. The molecule has 0 atom stereocenters. The number of nitrogens with zero attached hydrogens (tertiary/aromatic N) is 2. The molecule has 0 unspecified atom stereocenters. The molecule has 3 nitrogen and oxygen atoms in total. The van der Waals surface area contributed by atoms with Gasteiger partial charge in [-0.25, -0.2) is 4.98 Å². The average Bonchev–Trinajstić information content (AvgIpc) is 2.96. The van der Waals surface area contributed by atoms with Gasteiger partial charge in [0.05, 0.1) is 5.75 Å². The molecule has 0 aliphatic carbocycles. The Labute approximate surface area is 128 Å². The summed E-state index contributed by atoms with van der Waals surface area (Å²) in [6.45, 7) is 4.76. The Morgan fingerprint density at radius 1 is 1.35 bits per heavy atom. The molecule has 20 heavy (non-hydrogen) atoms. The third kappa shape index (κ3) is 4.35. The van der Waals surface area contributed by atoms with Crippen molar-refractivity contribution in [3.63, 3.8) is 0 Å². The molecule has 0 radical (unpaired) electrons. The Morgan fingerprint density at radius 2 is 2.10 bits per heavy atom. The number of carbonyl (C=O) groups is 1. The van der Waals surface area contributed by atoms with Crippen LogP contribution in [0.4, 0.5) is 0 Å². The highest BCUT2D eigenvalue weighted by atomic mass is 32.2. The minimum absolute atomic E-state index is 0.157. The molecule has 1 amide bonds. The molecule has 0 N–H and O–H groups in total. The number of hydrogen-bond donors (Lipinski definition) is 0. The largest absolute Gasteiger partial charge is 0.335 e. The van der Waals surface area contributed by atoms with Crippen molar-refractivity contribution in [2.45, 2.75) is 30.8 Å². The molecule has 2 rings (SSSR count). The van der Waals surface area contributed by atoms with E-state index in [9.17, 15) is 4.79 Å². The molecule has 0 fully saturated rings. The number of benzene rings is 1. The lowest BCUT2D eigenvalue weighted by Crippen LogP contribution is -2.37. The lowest BCUT2D eigenvalue weighted by molar-refractivity contribution is -0.130. The van der Waals surface area contributed by atoms with Crippen molar-refractivity contribution in [1.82, 2.24) is 9.88 Å². The molecule has 1 heterocycles. The van der Waals surface area contributed by atoms with Crippen LogP contribution in [0.2, 0.25) is 0 Å². The molecule has 0 bridgehead atoms. The predicted octanol–water partition coefficient (Wildman–Crippen LogP) is 3.67. The van der Waals surface area contributed by atoms with E-state index in [0.717, 1.165) is 9.90 Å². The molecule has 0 aliphatic rings. The van der Waals surface area contributed by atoms with Gasteiger partial charge in [0.1, 0.15) is 4.34 Å². The van der Waals surface area contributed by atoms with Gasteiger partial charge in [-0.3, -0.25) is 4.79 Å². The van der Waals surface area contributed by atoms with E-state index in [2.05, 4.69) is 31.0 Å². The Kier molecular flexibility index (Phi) is 5.61. The first-order chi connectivity index (χ1) is 9.66. The van der Waals surface area contributed by atoms with Gasteiger partial charge >= 0.3 is 0 Å². The van der Waals surface area contributed by atoms with Crippen molar-refractivity contribution in [3.05, 3.63) is 47.5 Å². The van der Waals surface area contributed by atoms with Crippen molar-refractivity contribution >= 4 is 29.0 Å². The lowest BCUT2D eigenvalue weighted by atomic mass is 10.2. The van der Waals surface area contributed by atoms with E-state index < -0.39 is 0 Å². The van der Waals surface area contributed by atoms with Gasteiger partial charge < -0.3 is 4.90 Å². The molecule has 0 saturated heterocycles. The molecule has 5 heteroatoms. The number of carbonyl (C=O) groups excluding carboxylic acids is 1. The van der Waals surface area contributed by atoms with Crippen molar-refractivity contribution in [3.8, 4) is 0 Å². The Balaban J connectivity index is 1.95. The Bertz CT molecular complexity index is 526. The van der Waals surface area contributed by atoms with Gasteiger partial charge in [0.25, 0.3) is 0 Å². The SMILES string of the molecule is CC(C)N(Cc1ccccc1)C(=O)CSc1nccs1. The summed E-state index contributed by atoms with van der Waals surface area (Å²) < 4.78 is 0.946. The molecule has 0 saturated carbocycles. The Morgan fingerprint density at radius 3 is 2.70 bits per heavy atom. The van der Waals surface area contributed by atoms with Gasteiger partial charge in [0, 0.05) is 24.2 Å². The van der Waals surface area contributed by atoms with E-state index in [1.807, 2.05) is 28.5 Å². The van der Waals surface area contributed by atoms with Crippen LogP contribution in [0.3, 0.4) is 0 Å². The van der Waals surface area contributed by atoms with E-state index in [1.165, 1.54) is 11.8 Å². The van der Waals surface area contributed by atoms with Crippen LogP contribution in [0, 0.1) is 0 Å². The zero-order valence-electron chi connectivity index (χ0n) is 11.7. The van der Waals surface area contributed by atoms with Crippen LogP contribution in [0.25, 0.3) is 0 Å². The maximum atomic E-state index is 12.4. The van der Waals surface area contributed by atoms with Crippen LogP contribution in [-0.2, 0) is 11.3 Å². The van der Waals surface area contributed by atoms with Crippen LogP contribution < -0.4 is 0 Å². The summed E-state index contributed by atoms with van der Waals surface area (Å²) in [5, 5.41) is 1.93. The second kappa shape index (κ2) is 7.45. The highest BCUT2D eigenvalue weighted by Crippen LogP contribution is 2.21. The van der Waals surface area contributed by atoms with Crippen molar-refractivity contribution in [2.24, 2.45) is 0 Å². The van der Waals surface area contributed by atoms with Gasteiger partial charge in [0.2, 0.25) is 5.91 Å². The summed E-state index contributed by atoms with van der Waals surface area (Å²) in [6.07, 6.45) is 1.77. The van der Waals surface area contributed by atoms with Crippen LogP contribution in [0.15, 0.2) is 46.2 Å². The van der Waals surface area contributed by atoms with Crippen molar-refractivity contribution in [2.75, 3.05) is 5.75 Å². The highest BCUT2D eigenvalue weighted by molar-refractivity contribution is 8.01. The van der Waals surface area contributed by atoms with E-state index in [4.69, 9.17) is 0 Å². The highest BCUT2D eigenvalue weighted by Gasteiger charge is 2.17. The predicted molar refractivity (Wildman–Crippen MR) is 85.0 cm³/mol. The quantitative estimate of drug-likeness (QED) is 0.763. The summed E-state index contributed by atoms with van der Waals surface area (Å²) >= 11 is 3.08. The van der Waals surface area contributed by atoms with Crippen molar-refractivity contribution < 1.29 is 4.79 Å². The summed E-state index contributed by atoms with van der Waals surface area (Å²) in [5.74, 6) is 0.600. The fourth-order valence-corrected chi connectivity index (χ4v) is 3.35. The van der Waals surface area contributed by atoms with Crippen LogP contribution in [-0.4, -0.2) is 27.6 Å². The lowest BCUT2D eigenvalue weighted by Gasteiger charge is -2.26. The molecule has 106 valence electrons. The fraction of sp³-hybridized carbons (Fsp3) is 0.333. The summed E-state index contributed by atoms with van der Waals surface area (Å²) in [7, 11) is 0. The topological polar surface area (TPSA) is 33.2 Å². The third-order valence-corrected chi connectivity index (χ3v) is 4.82. The zero-order chi connectivity index (χ0) is 14.4. The van der Waals surface area contributed by atoms with E-state index in [0.29, 0.717) is 12.3 Å². The molecule has 1 aromatic carbocycles. The minimum atomic E-state index is 0.157. The second-order valence-corrected chi connectivity index (χ2v) is 6.80. The van der Waals surface area contributed by atoms with Gasteiger partial charge in [0.15, 0.2) is 0 Å². The number of rotatable bonds is 6. The van der Waals surface area contributed by atoms with Crippen LogP contribution in [0.5, 0.6) is 0 Å². The second-order valence-electron chi connectivity index (χ2n) is 4.69. The summed E-state index contributed by atoms with van der Waals surface area (Å²) in [5.41, 5.74) is 1.16. The fourth-order valence-electron chi connectivity index (χ4n) is 1.83. The maximum absolute atomic E-state index is 12.4. The first-order valence-electron chi connectivity index (χ1n) is 6.52. The number of thioether (sulfide) groups is 1. The molecule has 0 aliphatic heterocycles. The molecular weight excluding hydrogens is 288 g/mol. The van der Waals surface area contributed by atoms with Gasteiger partial charge in [-0.05, 0) is 19.4 Å². The van der Waals surface area contributed by atoms with Crippen LogP contribution >= 0.6 is 23.1 Å². The molecule has 1 aromatic heterocycles. The van der Waals surface area contributed by atoms with E-state index in [1.54, 1.807) is 17.5 Å². The first kappa shape index (κ1) is 15.1.